The maximum Gasteiger partial charge on any atom is 0.343 e. The molecule has 0 aromatic rings. The molecule has 8 heteroatoms. The zero-order valence-corrected chi connectivity index (χ0v) is 18.9. The molecular formula is C23H30O8. The second-order valence-corrected chi connectivity index (χ2v) is 8.50. The molecule has 0 amide bonds. The van der Waals surface area contributed by atoms with E-state index in [1.807, 2.05) is 13.8 Å². The zero-order chi connectivity index (χ0) is 23.0. The van der Waals surface area contributed by atoms with Crippen molar-refractivity contribution in [2.45, 2.75) is 71.4 Å². The predicted octanol–water partition coefficient (Wildman–Crippen LogP) is 3.12. The van der Waals surface area contributed by atoms with E-state index in [2.05, 4.69) is 0 Å². The van der Waals surface area contributed by atoms with E-state index >= 15 is 0 Å². The highest BCUT2D eigenvalue weighted by Crippen LogP contribution is 2.49. The molecule has 1 saturated heterocycles. The van der Waals surface area contributed by atoms with Crippen LogP contribution in [-0.2, 0) is 38.1 Å². The summed E-state index contributed by atoms with van der Waals surface area (Å²) in [5, 5.41) is 0. The number of carbonyl (C=O) groups excluding carboxylic acids is 3. The van der Waals surface area contributed by atoms with Crippen LogP contribution in [0.25, 0.3) is 0 Å². The van der Waals surface area contributed by atoms with Gasteiger partial charge < -0.3 is 23.7 Å². The Labute approximate surface area is 182 Å². The molecule has 0 spiro atoms. The van der Waals surface area contributed by atoms with Gasteiger partial charge in [0.15, 0.2) is 5.79 Å². The maximum atomic E-state index is 12.7. The van der Waals surface area contributed by atoms with Crippen LogP contribution in [0, 0.1) is 5.92 Å². The molecule has 0 aliphatic carbocycles. The lowest BCUT2D eigenvalue weighted by atomic mass is 9.85. The Morgan fingerprint density at radius 1 is 1.29 bits per heavy atom. The van der Waals surface area contributed by atoms with Gasteiger partial charge in [-0.1, -0.05) is 13.0 Å². The van der Waals surface area contributed by atoms with E-state index in [0.717, 1.165) is 0 Å². The molecule has 4 atom stereocenters. The molecule has 31 heavy (non-hydrogen) atoms. The third kappa shape index (κ3) is 4.45. The Balaban J connectivity index is 2.13. The first-order valence-electron chi connectivity index (χ1n) is 10.4. The quantitative estimate of drug-likeness (QED) is 0.370. The minimum absolute atomic E-state index is 0.164. The number of hydrogen-bond donors (Lipinski definition) is 0. The SMILES string of the molecule is CC=C(C)C(=O)OC1CC(C)C2(OC)CCC(C)(C=C3OC(=O)C(COC(C)=O)=C31)O2. The molecule has 0 radical (unpaired) electrons. The van der Waals surface area contributed by atoms with Crippen LogP contribution in [0.4, 0.5) is 0 Å². The molecule has 1 fully saturated rings. The topological polar surface area (TPSA) is 97.4 Å². The molecule has 3 heterocycles. The summed E-state index contributed by atoms with van der Waals surface area (Å²) in [6.45, 7) is 8.27. The molecule has 0 N–H and O–H groups in total. The van der Waals surface area contributed by atoms with Crippen LogP contribution in [-0.4, -0.2) is 49.1 Å². The summed E-state index contributed by atoms with van der Waals surface area (Å²) in [6, 6.07) is 0. The summed E-state index contributed by atoms with van der Waals surface area (Å²) in [4.78, 5) is 36.7. The number of esters is 3. The summed E-state index contributed by atoms with van der Waals surface area (Å²) in [6.07, 6.45) is 4.24. The minimum Gasteiger partial charge on any atom is -0.461 e. The molecule has 170 valence electrons. The summed E-state index contributed by atoms with van der Waals surface area (Å²) >= 11 is 0. The number of rotatable bonds is 5. The van der Waals surface area contributed by atoms with Gasteiger partial charge in [-0.05, 0) is 39.7 Å². The summed E-state index contributed by atoms with van der Waals surface area (Å²) in [5.74, 6) is -2.41. The number of fused-ring (bicyclic) bond motifs is 3. The number of hydrogen-bond acceptors (Lipinski definition) is 8. The highest BCUT2D eigenvalue weighted by molar-refractivity contribution is 5.96. The summed E-state index contributed by atoms with van der Waals surface area (Å²) in [5.41, 5.74) is 0.285. The lowest BCUT2D eigenvalue weighted by Gasteiger charge is -2.36. The van der Waals surface area contributed by atoms with Crippen molar-refractivity contribution in [2.75, 3.05) is 13.7 Å². The molecule has 2 bridgehead atoms. The van der Waals surface area contributed by atoms with Gasteiger partial charge in [0.25, 0.3) is 0 Å². The fourth-order valence-electron chi connectivity index (χ4n) is 4.30. The Morgan fingerprint density at radius 2 is 2.00 bits per heavy atom. The molecule has 3 aliphatic rings. The van der Waals surface area contributed by atoms with Gasteiger partial charge in [-0.2, -0.15) is 0 Å². The number of methoxy groups -OCH3 is 1. The fraction of sp³-hybridized carbons (Fsp3) is 0.609. The van der Waals surface area contributed by atoms with Gasteiger partial charge in [0, 0.05) is 37.5 Å². The Bertz CT molecular complexity index is 882. The van der Waals surface area contributed by atoms with E-state index in [1.165, 1.54) is 6.92 Å². The lowest BCUT2D eigenvalue weighted by Crippen LogP contribution is -2.42. The van der Waals surface area contributed by atoms with Crippen molar-refractivity contribution < 1.29 is 38.1 Å². The van der Waals surface area contributed by atoms with Gasteiger partial charge in [0.1, 0.15) is 18.5 Å². The van der Waals surface area contributed by atoms with Crippen LogP contribution in [0.3, 0.4) is 0 Å². The number of allylic oxidation sites excluding steroid dienone is 1. The van der Waals surface area contributed by atoms with Crippen LogP contribution in [0.15, 0.2) is 34.6 Å². The Kier molecular flexibility index (Phi) is 6.43. The third-order valence-corrected chi connectivity index (χ3v) is 6.26. The molecule has 3 aliphatic heterocycles. The first kappa shape index (κ1) is 23.2. The van der Waals surface area contributed by atoms with E-state index in [0.29, 0.717) is 30.4 Å². The van der Waals surface area contributed by atoms with Crippen LogP contribution in [0.1, 0.15) is 53.9 Å². The third-order valence-electron chi connectivity index (χ3n) is 6.26. The highest BCUT2D eigenvalue weighted by atomic mass is 16.7. The van der Waals surface area contributed by atoms with E-state index in [1.54, 1.807) is 33.1 Å². The fourth-order valence-corrected chi connectivity index (χ4v) is 4.30. The van der Waals surface area contributed by atoms with Crippen molar-refractivity contribution in [3.05, 3.63) is 34.6 Å². The number of carbonyl (C=O) groups is 3. The monoisotopic (exact) mass is 434 g/mol. The normalized spacial score (nSPS) is 33.0. The smallest absolute Gasteiger partial charge is 0.343 e. The first-order valence-corrected chi connectivity index (χ1v) is 10.4. The molecule has 3 rings (SSSR count). The van der Waals surface area contributed by atoms with Gasteiger partial charge in [-0.3, -0.25) is 4.79 Å². The van der Waals surface area contributed by atoms with Gasteiger partial charge in [-0.15, -0.1) is 0 Å². The maximum absolute atomic E-state index is 12.7. The van der Waals surface area contributed by atoms with Crippen molar-refractivity contribution in [3.8, 4) is 0 Å². The number of ether oxygens (including phenoxy) is 5. The highest BCUT2D eigenvalue weighted by Gasteiger charge is 2.53. The largest absolute Gasteiger partial charge is 0.461 e. The molecule has 0 aromatic heterocycles. The second-order valence-electron chi connectivity index (χ2n) is 8.50. The average Bonchev–Trinajstić information content (AvgIpc) is 3.22. The summed E-state index contributed by atoms with van der Waals surface area (Å²) in [7, 11) is 1.60. The Morgan fingerprint density at radius 3 is 2.61 bits per heavy atom. The van der Waals surface area contributed by atoms with E-state index in [-0.39, 0.29) is 23.9 Å². The van der Waals surface area contributed by atoms with E-state index < -0.39 is 35.4 Å². The van der Waals surface area contributed by atoms with Crippen molar-refractivity contribution in [1.82, 2.24) is 0 Å². The van der Waals surface area contributed by atoms with Crippen LogP contribution in [0.5, 0.6) is 0 Å². The van der Waals surface area contributed by atoms with Crippen molar-refractivity contribution in [3.63, 3.8) is 0 Å². The molecular weight excluding hydrogens is 404 g/mol. The van der Waals surface area contributed by atoms with Gasteiger partial charge in [0.05, 0.1) is 11.2 Å². The zero-order valence-electron chi connectivity index (χ0n) is 18.9. The van der Waals surface area contributed by atoms with E-state index in [9.17, 15) is 14.4 Å². The van der Waals surface area contributed by atoms with E-state index in [4.69, 9.17) is 23.7 Å². The van der Waals surface area contributed by atoms with Crippen LogP contribution in [0.2, 0.25) is 0 Å². The average molecular weight is 434 g/mol. The van der Waals surface area contributed by atoms with Crippen molar-refractivity contribution >= 4 is 17.9 Å². The molecule has 4 unspecified atom stereocenters. The van der Waals surface area contributed by atoms with Gasteiger partial charge in [-0.25, -0.2) is 9.59 Å². The van der Waals surface area contributed by atoms with Gasteiger partial charge >= 0.3 is 17.9 Å². The molecule has 0 aromatic carbocycles. The summed E-state index contributed by atoms with van der Waals surface area (Å²) < 4.78 is 28.7. The standard InChI is InChI=1S/C23H30O8/c1-7-13(2)20(25)29-17-10-14(3)23(27-6)9-8-22(5,31-23)11-18-19(17)16(21(26)30-18)12-28-15(4)24/h7,11,14,17H,8-10,12H2,1-6H3. The molecule has 0 saturated carbocycles. The predicted molar refractivity (Wildman–Crippen MR) is 109 cm³/mol. The lowest BCUT2D eigenvalue weighted by molar-refractivity contribution is -0.255. The van der Waals surface area contributed by atoms with Crippen molar-refractivity contribution in [1.29, 1.82) is 0 Å². The van der Waals surface area contributed by atoms with Crippen LogP contribution < -0.4 is 0 Å². The molecule has 8 nitrogen and oxygen atoms in total. The van der Waals surface area contributed by atoms with Crippen molar-refractivity contribution in [2.24, 2.45) is 5.92 Å². The van der Waals surface area contributed by atoms with Gasteiger partial charge in [0.2, 0.25) is 0 Å². The van der Waals surface area contributed by atoms with Crippen LogP contribution >= 0.6 is 0 Å². The second kappa shape index (κ2) is 8.59. The minimum atomic E-state index is -0.856. The first-order chi connectivity index (χ1) is 14.5. The Hall–Kier alpha value is -2.45.